The van der Waals surface area contributed by atoms with Gasteiger partial charge in [-0.05, 0) is 31.8 Å². The summed E-state index contributed by atoms with van der Waals surface area (Å²) in [5.41, 5.74) is 1.08. The standard InChI is InChI=1S/C13H19NO2/c1-14-8-3-2-7-12(13(14)16)10-5-4-6-11(15)9-10/h9,12H,2-8H2,1H3/t12-/m1/s1. The van der Waals surface area contributed by atoms with Crippen LogP contribution in [0.15, 0.2) is 11.6 Å². The molecule has 1 amide bonds. The largest absolute Gasteiger partial charge is 0.345 e. The van der Waals surface area contributed by atoms with E-state index >= 15 is 0 Å². The minimum atomic E-state index is -0.0169. The summed E-state index contributed by atoms with van der Waals surface area (Å²) >= 11 is 0. The molecule has 0 spiro atoms. The Kier molecular flexibility index (Phi) is 3.42. The fourth-order valence-electron chi connectivity index (χ4n) is 2.63. The van der Waals surface area contributed by atoms with Crippen LogP contribution < -0.4 is 0 Å². The fourth-order valence-corrected chi connectivity index (χ4v) is 2.63. The van der Waals surface area contributed by atoms with Crippen LogP contribution in [0, 0.1) is 5.92 Å². The van der Waals surface area contributed by atoms with Crippen LogP contribution in [0.1, 0.15) is 38.5 Å². The van der Waals surface area contributed by atoms with Gasteiger partial charge in [0.25, 0.3) is 0 Å². The van der Waals surface area contributed by atoms with Gasteiger partial charge < -0.3 is 4.90 Å². The fraction of sp³-hybridized carbons (Fsp3) is 0.692. The molecule has 0 aromatic rings. The first-order valence-corrected chi connectivity index (χ1v) is 6.17. The molecule has 88 valence electrons. The molecule has 1 fully saturated rings. The molecule has 1 heterocycles. The Morgan fingerprint density at radius 1 is 1.19 bits per heavy atom. The summed E-state index contributed by atoms with van der Waals surface area (Å²) in [6, 6.07) is 0. The normalized spacial score (nSPS) is 27.7. The lowest BCUT2D eigenvalue weighted by Crippen LogP contribution is -2.33. The van der Waals surface area contributed by atoms with Crippen LogP contribution in [0.2, 0.25) is 0 Å². The third-order valence-electron chi connectivity index (χ3n) is 3.59. The Morgan fingerprint density at radius 2 is 2.00 bits per heavy atom. The monoisotopic (exact) mass is 221 g/mol. The molecule has 1 aliphatic heterocycles. The van der Waals surface area contributed by atoms with Crippen molar-refractivity contribution in [3.63, 3.8) is 0 Å². The highest BCUT2D eigenvalue weighted by atomic mass is 16.2. The van der Waals surface area contributed by atoms with Gasteiger partial charge in [0.2, 0.25) is 5.91 Å². The summed E-state index contributed by atoms with van der Waals surface area (Å²) < 4.78 is 0. The molecule has 0 aromatic carbocycles. The molecule has 0 aromatic heterocycles. The molecule has 1 saturated heterocycles. The van der Waals surface area contributed by atoms with Crippen molar-refractivity contribution in [2.75, 3.05) is 13.6 Å². The lowest BCUT2D eigenvalue weighted by molar-refractivity contribution is -0.132. The number of amides is 1. The maximum Gasteiger partial charge on any atom is 0.229 e. The molecule has 0 N–H and O–H groups in total. The van der Waals surface area contributed by atoms with E-state index in [0.29, 0.717) is 6.42 Å². The van der Waals surface area contributed by atoms with Crippen molar-refractivity contribution in [2.24, 2.45) is 5.92 Å². The van der Waals surface area contributed by atoms with Gasteiger partial charge in [-0.15, -0.1) is 0 Å². The van der Waals surface area contributed by atoms with Gasteiger partial charge in [-0.25, -0.2) is 0 Å². The molecule has 1 atom stereocenters. The van der Waals surface area contributed by atoms with Gasteiger partial charge in [-0.3, -0.25) is 9.59 Å². The first-order chi connectivity index (χ1) is 7.68. The van der Waals surface area contributed by atoms with Crippen LogP contribution in [0.4, 0.5) is 0 Å². The van der Waals surface area contributed by atoms with E-state index in [0.717, 1.165) is 44.2 Å². The van der Waals surface area contributed by atoms with Gasteiger partial charge in [0.05, 0.1) is 5.92 Å². The maximum atomic E-state index is 12.1. The molecule has 2 aliphatic rings. The summed E-state index contributed by atoms with van der Waals surface area (Å²) in [5, 5.41) is 0. The van der Waals surface area contributed by atoms with Gasteiger partial charge >= 0.3 is 0 Å². The van der Waals surface area contributed by atoms with E-state index in [9.17, 15) is 9.59 Å². The molecule has 2 rings (SSSR count). The highest BCUT2D eigenvalue weighted by Crippen LogP contribution is 2.29. The summed E-state index contributed by atoms with van der Waals surface area (Å²) in [4.78, 5) is 25.3. The smallest absolute Gasteiger partial charge is 0.229 e. The van der Waals surface area contributed by atoms with Gasteiger partial charge in [0.15, 0.2) is 5.78 Å². The number of rotatable bonds is 1. The first-order valence-electron chi connectivity index (χ1n) is 6.17. The van der Waals surface area contributed by atoms with Gasteiger partial charge in [0.1, 0.15) is 0 Å². The number of hydrogen-bond donors (Lipinski definition) is 0. The Hall–Kier alpha value is -1.12. The van der Waals surface area contributed by atoms with E-state index in [1.54, 1.807) is 6.08 Å². The minimum absolute atomic E-state index is 0.0169. The number of carbonyl (C=O) groups is 2. The van der Waals surface area contributed by atoms with Crippen molar-refractivity contribution in [1.82, 2.24) is 4.90 Å². The van der Waals surface area contributed by atoms with E-state index in [4.69, 9.17) is 0 Å². The molecule has 0 saturated carbocycles. The van der Waals surface area contributed by atoms with Crippen LogP contribution in [0.25, 0.3) is 0 Å². The second-order valence-electron chi connectivity index (χ2n) is 4.85. The summed E-state index contributed by atoms with van der Waals surface area (Å²) in [7, 11) is 1.87. The third-order valence-corrected chi connectivity index (χ3v) is 3.59. The quantitative estimate of drug-likeness (QED) is 0.678. The zero-order valence-electron chi connectivity index (χ0n) is 9.87. The number of ketones is 1. The topological polar surface area (TPSA) is 37.4 Å². The summed E-state index contributed by atoms with van der Waals surface area (Å²) in [6.07, 6.45) is 7.31. The molecule has 0 unspecified atom stereocenters. The van der Waals surface area contributed by atoms with Crippen LogP contribution in [-0.2, 0) is 9.59 Å². The molecular formula is C13H19NO2. The number of allylic oxidation sites excluding steroid dienone is 1. The van der Waals surface area contributed by atoms with Crippen molar-refractivity contribution < 1.29 is 9.59 Å². The van der Waals surface area contributed by atoms with E-state index in [1.165, 1.54) is 0 Å². The predicted molar refractivity (Wildman–Crippen MR) is 61.9 cm³/mol. The summed E-state index contributed by atoms with van der Waals surface area (Å²) in [5.74, 6) is 0.385. The minimum Gasteiger partial charge on any atom is -0.345 e. The zero-order chi connectivity index (χ0) is 11.5. The highest BCUT2D eigenvalue weighted by Gasteiger charge is 2.29. The zero-order valence-corrected chi connectivity index (χ0v) is 9.87. The van der Waals surface area contributed by atoms with Gasteiger partial charge in [0, 0.05) is 20.0 Å². The first kappa shape index (κ1) is 11.4. The third kappa shape index (κ3) is 2.34. The Morgan fingerprint density at radius 3 is 2.75 bits per heavy atom. The molecule has 16 heavy (non-hydrogen) atoms. The second-order valence-corrected chi connectivity index (χ2v) is 4.85. The summed E-state index contributed by atoms with van der Waals surface area (Å²) in [6.45, 7) is 0.858. The lowest BCUT2D eigenvalue weighted by Gasteiger charge is -2.23. The van der Waals surface area contributed by atoms with Crippen molar-refractivity contribution in [1.29, 1.82) is 0 Å². The number of nitrogens with zero attached hydrogens (tertiary/aromatic N) is 1. The SMILES string of the molecule is CN1CCCC[C@H](C2=CC(=O)CCC2)C1=O. The number of likely N-dealkylation sites (tertiary alicyclic amines) is 1. The van der Waals surface area contributed by atoms with E-state index in [2.05, 4.69) is 0 Å². The van der Waals surface area contributed by atoms with Crippen LogP contribution in [0.3, 0.4) is 0 Å². The van der Waals surface area contributed by atoms with Gasteiger partial charge in [-0.1, -0.05) is 12.0 Å². The number of carbonyl (C=O) groups excluding carboxylic acids is 2. The molecule has 3 nitrogen and oxygen atoms in total. The lowest BCUT2D eigenvalue weighted by atomic mass is 9.85. The average molecular weight is 221 g/mol. The maximum absolute atomic E-state index is 12.1. The molecule has 0 bridgehead atoms. The van der Waals surface area contributed by atoms with Crippen LogP contribution in [0.5, 0.6) is 0 Å². The predicted octanol–water partition coefficient (Wildman–Crippen LogP) is 1.92. The molecule has 3 heteroatoms. The van der Waals surface area contributed by atoms with Gasteiger partial charge in [-0.2, -0.15) is 0 Å². The Bertz CT molecular complexity index is 333. The highest BCUT2D eigenvalue weighted by molar-refractivity contribution is 5.93. The number of hydrogen-bond acceptors (Lipinski definition) is 2. The van der Waals surface area contributed by atoms with Crippen molar-refractivity contribution in [2.45, 2.75) is 38.5 Å². The van der Waals surface area contributed by atoms with Crippen LogP contribution >= 0.6 is 0 Å². The molecular weight excluding hydrogens is 202 g/mol. The van der Waals surface area contributed by atoms with E-state index in [1.807, 2.05) is 11.9 Å². The van der Waals surface area contributed by atoms with Crippen molar-refractivity contribution >= 4 is 11.7 Å². The van der Waals surface area contributed by atoms with Crippen LogP contribution in [-0.4, -0.2) is 30.2 Å². The van der Waals surface area contributed by atoms with E-state index < -0.39 is 0 Å². The van der Waals surface area contributed by atoms with Crippen molar-refractivity contribution in [3.8, 4) is 0 Å². The Labute approximate surface area is 96.5 Å². The Balaban J connectivity index is 2.17. The molecule has 0 radical (unpaired) electrons. The van der Waals surface area contributed by atoms with Crippen molar-refractivity contribution in [3.05, 3.63) is 11.6 Å². The molecule has 1 aliphatic carbocycles. The average Bonchev–Trinajstić information content (AvgIpc) is 2.42. The van der Waals surface area contributed by atoms with E-state index in [-0.39, 0.29) is 17.6 Å². The second kappa shape index (κ2) is 4.81.